The van der Waals surface area contributed by atoms with Gasteiger partial charge in [0.15, 0.2) is 13.2 Å². The van der Waals surface area contributed by atoms with Gasteiger partial charge < -0.3 is 4.05 Å². The van der Waals surface area contributed by atoms with Crippen LogP contribution in [0.15, 0.2) is 16.8 Å². The molecule has 11 heavy (non-hydrogen) atoms. The number of hydrogen-bond acceptors (Lipinski definition) is 1. The molecule has 1 aromatic heterocycles. The fourth-order valence-corrected chi connectivity index (χ4v) is 0.904. The summed E-state index contributed by atoms with van der Waals surface area (Å²) >= 11 is 0. The third-order valence-electron chi connectivity index (χ3n) is 1.65. The predicted octanol–water partition coefficient (Wildman–Crippen LogP) is 1.47. The van der Waals surface area contributed by atoms with Gasteiger partial charge >= 0.3 is 12.8 Å². The summed E-state index contributed by atoms with van der Waals surface area (Å²) in [4.78, 5) is 0. The largest absolute Gasteiger partial charge is 0.498 e. The normalized spacial score (nSPS) is 10.4. The van der Waals surface area contributed by atoms with Gasteiger partial charge in [-0.3, -0.25) is 0 Å². The van der Waals surface area contributed by atoms with E-state index in [-0.39, 0.29) is 0 Å². The van der Waals surface area contributed by atoms with Crippen LogP contribution in [0.4, 0.5) is 0 Å². The maximum atomic E-state index is 4.13. The molecule has 0 amide bonds. The zero-order chi connectivity index (χ0) is 8.10. The second kappa shape index (κ2) is 4.11. The molecular formula is C8H16N2O+2. The van der Waals surface area contributed by atoms with E-state index in [0.29, 0.717) is 0 Å². The first-order chi connectivity index (χ1) is 5.36. The van der Waals surface area contributed by atoms with E-state index in [2.05, 4.69) is 23.0 Å². The lowest BCUT2D eigenvalue weighted by Crippen LogP contribution is -2.32. The van der Waals surface area contributed by atoms with E-state index in [0.717, 1.165) is 13.2 Å². The summed E-state index contributed by atoms with van der Waals surface area (Å²) in [6.45, 7) is 6.21. The molecule has 1 rings (SSSR count). The Kier molecular flexibility index (Phi) is 3.08. The molecule has 0 saturated heterocycles. The van der Waals surface area contributed by atoms with Gasteiger partial charge in [0.1, 0.15) is 0 Å². The molecule has 3 heteroatoms. The fourth-order valence-electron chi connectivity index (χ4n) is 0.904. The third-order valence-corrected chi connectivity index (χ3v) is 1.65. The predicted molar refractivity (Wildman–Crippen MR) is 41.9 cm³/mol. The Balaban J connectivity index is 2.44. The number of aromatic nitrogens is 2. The summed E-state index contributed by atoms with van der Waals surface area (Å²) in [5.41, 5.74) is 0. The summed E-state index contributed by atoms with van der Waals surface area (Å²) in [6.07, 6.45) is 6.19. The van der Waals surface area contributed by atoms with Crippen molar-refractivity contribution in [2.75, 3.05) is 0 Å². The molecule has 3 nitrogen and oxygen atoms in total. The Morgan fingerprint density at radius 1 is 1.45 bits per heavy atom. The molecule has 1 aromatic rings. The molecule has 0 radical (unpaired) electrons. The quantitative estimate of drug-likeness (QED) is 0.477. The highest BCUT2D eigenvalue weighted by Gasteiger charge is 2.07. The lowest BCUT2D eigenvalue weighted by atomic mass is 10.4. The highest BCUT2D eigenvalue weighted by molar-refractivity contribution is 4.34. The van der Waals surface area contributed by atoms with Crippen molar-refractivity contribution >= 4 is 0 Å². The van der Waals surface area contributed by atoms with Crippen LogP contribution in [0.5, 0.6) is 0 Å². The molecule has 0 unspecified atom stereocenters. The lowest BCUT2D eigenvalue weighted by molar-refractivity contribution is -0.753. The number of rotatable bonds is 4. The first-order valence-electron chi connectivity index (χ1n) is 4.21. The maximum Gasteiger partial charge on any atom is 0.498 e. The molecule has 0 aliphatic rings. The first kappa shape index (κ1) is 8.24. The van der Waals surface area contributed by atoms with Gasteiger partial charge in [-0.05, 0) is 18.0 Å². The molecule has 0 saturated carbocycles. The van der Waals surface area contributed by atoms with Crippen LogP contribution in [0, 0.1) is 0 Å². The van der Waals surface area contributed by atoms with Gasteiger partial charge in [0.2, 0.25) is 0 Å². The molecule has 0 N–H and O–H groups in total. The number of hydrogen-bond donors (Lipinski definition) is 0. The molecule has 0 spiro atoms. The Morgan fingerprint density at radius 2 is 2.27 bits per heavy atom. The van der Waals surface area contributed by atoms with E-state index in [1.807, 2.05) is 11.1 Å². The van der Waals surface area contributed by atoms with E-state index in [1.54, 1.807) is 6.39 Å². The Labute approximate surface area is 67.4 Å². The van der Waals surface area contributed by atoms with E-state index in [4.69, 9.17) is 0 Å². The van der Waals surface area contributed by atoms with Crippen LogP contribution >= 0.6 is 0 Å². The number of aryl methyl sites for hydroxylation is 2. The Bertz CT molecular complexity index is 208. The van der Waals surface area contributed by atoms with Crippen LogP contribution < -0.4 is 4.68 Å². The molecular weight excluding hydrogens is 140 g/mol. The maximum absolute atomic E-state index is 4.13. The second-order valence-corrected chi connectivity index (χ2v) is 2.61. The van der Waals surface area contributed by atoms with E-state index in [1.165, 1.54) is 12.8 Å². The summed E-state index contributed by atoms with van der Waals surface area (Å²) in [7, 11) is 0. The fraction of sp³-hybridized carbons (Fsp3) is 0.750. The molecule has 1 heterocycles. The summed E-state index contributed by atoms with van der Waals surface area (Å²) in [5.74, 6) is 0. The van der Waals surface area contributed by atoms with Crippen molar-refractivity contribution in [3.63, 3.8) is 0 Å². The van der Waals surface area contributed by atoms with Crippen molar-refractivity contribution in [3.05, 3.63) is 12.8 Å². The van der Waals surface area contributed by atoms with Crippen LogP contribution in [0.1, 0.15) is 26.7 Å². The Hall–Kier alpha value is -0.860. The van der Waals surface area contributed by atoms with Crippen molar-refractivity contribution in [2.24, 2.45) is 0 Å². The van der Waals surface area contributed by atoms with Crippen LogP contribution in [0.3, 0.4) is 0 Å². The second-order valence-electron chi connectivity index (χ2n) is 2.61. The monoisotopic (exact) mass is 156 g/mol. The minimum Gasteiger partial charge on any atom is -0.479 e. The minimum atomic E-state index is 0.937. The number of nitrogens with zero attached hydrogens (tertiary/aromatic N) is 2. The van der Waals surface area contributed by atoms with Crippen molar-refractivity contribution in [3.8, 4) is 0 Å². The zero-order valence-corrected chi connectivity index (χ0v) is 7.29. The highest BCUT2D eigenvalue weighted by atomic mass is 16.6. The SMILES string of the molecule is CCCC[o+]1cn[n+](CC)c1. The van der Waals surface area contributed by atoms with Gasteiger partial charge in [-0.15, -0.1) is 0 Å². The highest BCUT2D eigenvalue weighted by Crippen LogP contribution is 2.00. The van der Waals surface area contributed by atoms with Gasteiger partial charge in [-0.25, -0.2) is 0 Å². The molecule has 0 aliphatic heterocycles. The average molecular weight is 156 g/mol. The van der Waals surface area contributed by atoms with Crippen molar-refractivity contribution in [1.29, 1.82) is 0 Å². The summed E-state index contributed by atoms with van der Waals surface area (Å²) in [5, 5.41) is 4.13. The van der Waals surface area contributed by atoms with Crippen molar-refractivity contribution < 1.29 is 8.73 Å². The van der Waals surface area contributed by atoms with Gasteiger partial charge in [-0.1, -0.05) is 6.92 Å². The topological polar surface area (TPSA) is 19.5 Å². The summed E-state index contributed by atoms with van der Waals surface area (Å²) < 4.78 is 4.80. The average Bonchev–Trinajstić information content (AvgIpc) is 2.48. The minimum absolute atomic E-state index is 0.937. The molecule has 0 bridgehead atoms. The van der Waals surface area contributed by atoms with E-state index >= 15 is 0 Å². The van der Waals surface area contributed by atoms with Crippen LogP contribution in [-0.4, -0.2) is 5.10 Å². The van der Waals surface area contributed by atoms with E-state index in [9.17, 15) is 0 Å². The standard InChI is InChI=1S/C8H16N2O/c1-3-5-6-11-7-9-10(4-2)8-11/h7-8H,3-6H2,1-2H3/q+2. The first-order valence-corrected chi connectivity index (χ1v) is 4.21. The van der Waals surface area contributed by atoms with Crippen LogP contribution in [0.2, 0.25) is 0 Å². The molecule has 0 aromatic carbocycles. The van der Waals surface area contributed by atoms with Crippen LogP contribution in [0.25, 0.3) is 0 Å². The van der Waals surface area contributed by atoms with E-state index < -0.39 is 0 Å². The number of unbranched alkanes of at least 4 members (excludes halogenated alkanes) is 1. The van der Waals surface area contributed by atoms with Gasteiger partial charge in [-0.2, -0.15) is 0 Å². The molecule has 62 valence electrons. The summed E-state index contributed by atoms with van der Waals surface area (Å²) in [6, 6.07) is 0. The van der Waals surface area contributed by atoms with Crippen molar-refractivity contribution in [1.82, 2.24) is 5.10 Å². The van der Waals surface area contributed by atoms with Gasteiger partial charge in [0.05, 0.1) is 5.10 Å². The third kappa shape index (κ3) is 2.33. The lowest BCUT2D eigenvalue weighted by Gasteiger charge is -1.92. The smallest absolute Gasteiger partial charge is 0.479 e. The van der Waals surface area contributed by atoms with Gasteiger partial charge in [0.25, 0.3) is 0 Å². The Morgan fingerprint density at radius 3 is 2.82 bits per heavy atom. The molecule has 0 aliphatic carbocycles. The molecule has 0 atom stereocenters. The molecule has 0 fully saturated rings. The van der Waals surface area contributed by atoms with Crippen LogP contribution in [-0.2, 0) is 13.2 Å². The zero-order valence-electron chi connectivity index (χ0n) is 7.29. The van der Waals surface area contributed by atoms with Crippen molar-refractivity contribution in [2.45, 2.75) is 39.8 Å². The van der Waals surface area contributed by atoms with Gasteiger partial charge in [0, 0.05) is 6.42 Å².